The summed E-state index contributed by atoms with van der Waals surface area (Å²) in [4.78, 5) is 26.9. The monoisotopic (exact) mass is 392 g/mol. The molecule has 23 heavy (non-hydrogen) atoms. The van der Waals surface area contributed by atoms with Crippen molar-refractivity contribution in [2.75, 3.05) is 13.1 Å². The second kappa shape index (κ2) is 6.72. The van der Waals surface area contributed by atoms with Crippen LogP contribution in [0.3, 0.4) is 0 Å². The zero-order chi connectivity index (χ0) is 16.4. The highest BCUT2D eigenvalue weighted by Crippen LogP contribution is 2.31. The van der Waals surface area contributed by atoms with Crippen molar-refractivity contribution in [2.45, 2.75) is 6.04 Å². The van der Waals surface area contributed by atoms with Gasteiger partial charge in [0.2, 0.25) is 5.91 Å². The summed E-state index contributed by atoms with van der Waals surface area (Å²) in [6.07, 6.45) is 0. The van der Waals surface area contributed by atoms with Crippen LogP contribution in [0.5, 0.6) is 0 Å². The highest BCUT2D eigenvalue weighted by Gasteiger charge is 2.36. The third-order valence-electron chi connectivity index (χ3n) is 3.78. The summed E-state index contributed by atoms with van der Waals surface area (Å²) >= 11 is 9.64. The molecule has 1 N–H and O–H groups in total. The average Bonchev–Trinajstić information content (AvgIpc) is 2.55. The molecule has 6 heteroatoms. The molecule has 4 nitrogen and oxygen atoms in total. The second-order valence-electron chi connectivity index (χ2n) is 5.19. The van der Waals surface area contributed by atoms with Crippen LogP contribution < -0.4 is 5.32 Å². The number of nitrogens with one attached hydrogen (secondary N) is 1. The molecule has 2 amide bonds. The van der Waals surface area contributed by atoms with Gasteiger partial charge in [0.1, 0.15) is 6.04 Å². The molecular weight excluding hydrogens is 380 g/mol. The van der Waals surface area contributed by atoms with E-state index < -0.39 is 6.04 Å². The van der Waals surface area contributed by atoms with Crippen LogP contribution in [0.15, 0.2) is 53.0 Å². The lowest BCUT2D eigenvalue weighted by Crippen LogP contribution is -2.52. The van der Waals surface area contributed by atoms with Crippen LogP contribution in [-0.4, -0.2) is 29.8 Å². The number of piperazine rings is 1. The average molecular weight is 394 g/mol. The number of carbonyl (C=O) groups is 2. The summed E-state index contributed by atoms with van der Waals surface area (Å²) < 4.78 is 0.703. The Morgan fingerprint density at radius 3 is 2.61 bits per heavy atom. The minimum Gasteiger partial charge on any atom is -0.352 e. The van der Waals surface area contributed by atoms with Gasteiger partial charge in [-0.2, -0.15) is 0 Å². The Balaban J connectivity index is 2.02. The normalized spacial score (nSPS) is 17.7. The van der Waals surface area contributed by atoms with Crippen LogP contribution >= 0.6 is 27.5 Å². The standard InChI is InChI=1S/C17H14BrClN2O2/c18-13-7-3-1-5-11(13)17(23)21-10-9-20-16(22)15(21)12-6-2-4-8-14(12)19/h1-8,15H,9-10H2,(H,20,22). The van der Waals surface area contributed by atoms with Crippen molar-refractivity contribution < 1.29 is 9.59 Å². The predicted octanol–water partition coefficient (Wildman–Crippen LogP) is 3.42. The van der Waals surface area contributed by atoms with Gasteiger partial charge in [-0.3, -0.25) is 9.59 Å². The second-order valence-corrected chi connectivity index (χ2v) is 6.46. The van der Waals surface area contributed by atoms with E-state index in [0.29, 0.717) is 33.7 Å². The molecule has 0 spiro atoms. The molecule has 1 aliphatic rings. The van der Waals surface area contributed by atoms with Crippen LogP contribution in [0.1, 0.15) is 22.0 Å². The Bertz CT molecular complexity index is 766. The lowest BCUT2D eigenvalue weighted by molar-refractivity contribution is -0.128. The van der Waals surface area contributed by atoms with E-state index in [9.17, 15) is 9.59 Å². The first-order valence-electron chi connectivity index (χ1n) is 7.17. The molecule has 0 bridgehead atoms. The maximum atomic E-state index is 12.9. The third-order valence-corrected chi connectivity index (χ3v) is 4.81. The summed E-state index contributed by atoms with van der Waals surface area (Å²) in [5, 5.41) is 3.28. The van der Waals surface area contributed by atoms with Gasteiger partial charge in [-0.05, 0) is 34.1 Å². The first-order valence-corrected chi connectivity index (χ1v) is 8.34. The predicted molar refractivity (Wildman–Crippen MR) is 92.4 cm³/mol. The minimum absolute atomic E-state index is 0.197. The van der Waals surface area contributed by atoms with Gasteiger partial charge in [-0.1, -0.05) is 41.9 Å². The fourth-order valence-corrected chi connectivity index (χ4v) is 3.37. The number of benzene rings is 2. The lowest BCUT2D eigenvalue weighted by atomic mass is 10.0. The summed E-state index contributed by atoms with van der Waals surface area (Å²) in [7, 11) is 0. The number of halogens is 2. The van der Waals surface area contributed by atoms with E-state index in [4.69, 9.17) is 11.6 Å². The van der Waals surface area contributed by atoms with Gasteiger partial charge in [0.15, 0.2) is 0 Å². The molecule has 0 aromatic heterocycles. The van der Waals surface area contributed by atoms with Crippen molar-refractivity contribution in [3.63, 3.8) is 0 Å². The molecule has 1 unspecified atom stereocenters. The van der Waals surface area contributed by atoms with Crippen LogP contribution in [0.25, 0.3) is 0 Å². The van der Waals surface area contributed by atoms with Crippen molar-refractivity contribution in [1.82, 2.24) is 10.2 Å². The number of rotatable bonds is 2. The third kappa shape index (κ3) is 3.12. The van der Waals surface area contributed by atoms with E-state index in [1.807, 2.05) is 18.2 Å². The first-order chi connectivity index (χ1) is 11.1. The van der Waals surface area contributed by atoms with Crippen LogP contribution in [-0.2, 0) is 4.79 Å². The Morgan fingerprint density at radius 2 is 1.87 bits per heavy atom. The van der Waals surface area contributed by atoms with E-state index in [2.05, 4.69) is 21.2 Å². The molecular formula is C17H14BrClN2O2. The molecule has 2 aromatic rings. The number of hydrogen-bond acceptors (Lipinski definition) is 2. The van der Waals surface area contributed by atoms with Crippen molar-refractivity contribution >= 4 is 39.3 Å². The van der Waals surface area contributed by atoms with Crippen molar-refractivity contribution in [3.05, 3.63) is 69.2 Å². The van der Waals surface area contributed by atoms with Crippen LogP contribution in [0, 0.1) is 0 Å². The Hall–Kier alpha value is -1.85. The van der Waals surface area contributed by atoms with Gasteiger partial charge < -0.3 is 10.2 Å². The molecule has 1 saturated heterocycles. The number of carbonyl (C=O) groups excluding carboxylic acids is 2. The van der Waals surface area contributed by atoms with E-state index in [1.165, 1.54) is 0 Å². The fraction of sp³-hybridized carbons (Fsp3) is 0.176. The molecule has 2 aromatic carbocycles. The van der Waals surface area contributed by atoms with Crippen molar-refractivity contribution in [1.29, 1.82) is 0 Å². The zero-order valence-electron chi connectivity index (χ0n) is 12.1. The molecule has 1 heterocycles. The lowest BCUT2D eigenvalue weighted by Gasteiger charge is -2.35. The SMILES string of the molecule is O=C1NCCN(C(=O)c2ccccc2Br)C1c1ccccc1Cl. The maximum absolute atomic E-state index is 12.9. The maximum Gasteiger partial charge on any atom is 0.256 e. The molecule has 1 atom stereocenters. The highest BCUT2D eigenvalue weighted by atomic mass is 79.9. The Kier molecular flexibility index (Phi) is 4.68. The van der Waals surface area contributed by atoms with Crippen molar-refractivity contribution in [3.8, 4) is 0 Å². The summed E-state index contributed by atoms with van der Waals surface area (Å²) in [6.45, 7) is 0.859. The quantitative estimate of drug-likeness (QED) is 0.850. The molecule has 3 rings (SSSR count). The number of nitrogens with zero attached hydrogens (tertiary/aromatic N) is 1. The van der Waals surface area contributed by atoms with Crippen LogP contribution in [0.4, 0.5) is 0 Å². The van der Waals surface area contributed by atoms with Gasteiger partial charge in [-0.15, -0.1) is 0 Å². The Labute approximate surface area is 147 Å². The summed E-state index contributed by atoms with van der Waals surface area (Å²) in [6, 6.07) is 13.6. The number of hydrogen-bond donors (Lipinski definition) is 1. The van der Waals surface area contributed by atoms with Crippen LogP contribution in [0.2, 0.25) is 5.02 Å². The van der Waals surface area contributed by atoms with E-state index >= 15 is 0 Å². The first kappa shape index (κ1) is 16.0. The smallest absolute Gasteiger partial charge is 0.256 e. The molecule has 0 saturated carbocycles. The molecule has 0 radical (unpaired) electrons. The molecule has 1 fully saturated rings. The summed E-state index contributed by atoms with van der Waals surface area (Å²) in [5.41, 5.74) is 1.16. The topological polar surface area (TPSA) is 49.4 Å². The zero-order valence-corrected chi connectivity index (χ0v) is 14.5. The molecule has 0 aliphatic carbocycles. The van der Waals surface area contributed by atoms with Gasteiger partial charge in [0.05, 0.1) is 5.56 Å². The molecule has 1 aliphatic heterocycles. The number of amides is 2. The fourth-order valence-electron chi connectivity index (χ4n) is 2.68. The minimum atomic E-state index is -0.725. The van der Waals surface area contributed by atoms with Gasteiger partial charge in [-0.25, -0.2) is 0 Å². The largest absolute Gasteiger partial charge is 0.352 e. The summed E-state index contributed by atoms with van der Waals surface area (Å²) in [5.74, 6) is -0.415. The Morgan fingerprint density at radius 1 is 1.17 bits per heavy atom. The van der Waals surface area contributed by atoms with Crippen molar-refractivity contribution in [2.24, 2.45) is 0 Å². The highest BCUT2D eigenvalue weighted by molar-refractivity contribution is 9.10. The molecule has 118 valence electrons. The van der Waals surface area contributed by atoms with E-state index in [-0.39, 0.29) is 11.8 Å². The van der Waals surface area contributed by atoms with E-state index in [1.54, 1.807) is 35.2 Å². The van der Waals surface area contributed by atoms with Gasteiger partial charge in [0, 0.05) is 28.1 Å². The van der Waals surface area contributed by atoms with E-state index in [0.717, 1.165) is 0 Å². The van der Waals surface area contributed by atoms with Gasteiger partial charge in [0.25, 0.3) is 5.91 Å². The van der Waals surface area contributed by atoms with Gasteiger partial charge >= 0.3 is 0 Å².